The van der Waals surface area contributed by atoms with Crippen LogP contribution in [-0.2, 0) is 16.7 Å². The maximum atomic E-state index is 12.4. The highest BCUT2D eigenvalue weighted by Gasteiger charge is 2.16. The Hall–Kier alpha value is -3.23. The van der Waals surface area contributed by atoms with Gasteiger partial charge in [-0.25, -0.2) is 4.98 Å². The molecule has 0 amide bonds. The molecule has 3 aromatic carbocycles. The molecule has 0 bridgehead atoms. The molecule has 154 valence electrons. The van der Waals surface area contributed by atoms with Crippen molar-refractivity contribution in [3.8, 4) is 11.5 Å². The summed E-state index contributed by atoms with van der Waals surface area (Å²) >= 11 is 6.15. The molecular weight excluding hydrogens is 426 g/mol. The molecule has 0 aliphatic heterocycles. The second kappa shape index (κ2) is 8.25. The van der Waals surface area contributed by atoms with Crippen molar-refractivity contribution in [2.75, 3.05) is 12.4 Å². The molecule has 0 unspecified atom stereocenters. The van der Waals surface area contributed by atoms with Crippen molar-refractivity contribution in [2.45, 2.75) is 11.4 Å². The SMILES string of the molecule is COc1ccc(CNc2nc3ccc(OS(=O)(=O)c4ccccc4)cc3[nH]2)cc1Cl. The molecule has 30 heavy (non-hydrogen) atoms. The molecule has 0 fully saturated rings. The minimum Gasteiger partial charge on any atom is -0.495 e. The summed E-state index contributed by atoms with van der Waals surface area (Å²) in [7, 11) is -2.34. The smallest absolute Gasteiger partial charge is 0.339 e. The molecule has 9 heteroatoms. The van der Waals surface area contributed by atoms with E-state index in [2.05, 4.69) is 15.3 Å². The first kappa shape index (κ1) is 20.1. The maximum Gasteiger partial charge on any atom is 0.339 e. The summed E-state index contributed by atoms with van der Waals surface area (Å²) in [4.78, 5) is 7.66. The molecule has 7 nitrogen and oxygen atoms in total. The Labute approximate surface area is 178 Å². The molecule has 0 saturated carbocycles. The summed E-state index contributed by atoms with van der Waals surface area (Å²) in [5.41, 5.74) is 2.28. The van der Waals surface area contributed by atoms with Crippen LogP contribution in [-0.4, -0.2) is 25.5 Å². The van der Waals surface area contributed by atoms with Gasteiger partial charge in [0.25, 0.3) is 0 Å². The Morgan fingerprint density at radius 3 is 2.60 bits per heavy atom. The van der Waals surface area contributed by atoms with E-state index in [0.29, 0.717) is 34.3 Å². The van der Waals surface area contributed by atoms with Gasteiger partial charge in [0.2, 0.25) is 5.95 Å². The van der Waals surface area contributed by atoms with E-state index in [1.54, 1.807) is 49.6 Å². The number of hydrogen-bond donors (Lipinski definition) is 2. The lowest BCUT2D eigenvalue weighted by molar-refractivity contribution is 0.415. The first-order valence-electron chi connectivity index (χ1n) is 9.00. The van der Waals surface area contributed by atoms with E-state index in [0.717, 1.165) is 5.56 Å². The molecular formula is C21H18ClN3O4S. The van der Waals surface area contributed by atoms with E-state index in [1.807, 2.05) is 12.1 Å². The van der Waals surface area contributed by atoms with Crippen LogP contribution in [0.3, 0.4) is 0 Å². The van der Waals surface area contributed by atoms with E-state index >= 15 is 0 Å². The fourth-order valence-electron chi connectivity index (χ4n) is 2.89. The number of fused-ring (bicyclic) bond motifs is 1. The molecule has 1 heterocycles. The lowest BCUT2D eigenvalue weighted by Gasteiger charge is -2.07. The fraction of sp³-hybridized carbons (Fsp3) is 0.0952. The molecule has 0 spiro atoms. The molecule has 4 rings (SSSR count). The van der Waals surface area contributed by atoms with Gasteiger partial charge in [0.05, 0.1) is 23.2 Å². The second-order valence-corrected chi connectivity index (χ2v) is 8.39. The third-order valence-corrected chi connectivity index (χ3v) is 5.92. The normalized spacial score (nSPS) is 11.4. The monoisotopic (exact) mass is 443 g/mol. The van der Waals surface area contributed by atoms with E-state index < -0.39 is 10.1 Å². The molecule has 4 aromatic rings. The van der Waals surface area contributed by atoms with Crippen molar-refractivity contribution in [3.05, 3.63) is 77.3 Å². The van der Waals surface area contributed by atoms with Crippen molar-refractivity contribution in [3.63, 3.8) is 0 Å². The Morgan fingerprint density at radius 2 is 1.87 bits per heavy atom. The minimum absolute atomic E-state index is 0.0928. The van der Waals surface area contributed by atoms with Crippen LogP contribution >= 0.6 is 11.6 Å². The van der Waals surface area contributed by atoms with Gasteiger partial charge in [-0.3, -0.25) is 0 Å². The van der Waals surface area contributed by atoms with E-state index in [9.17, 15) is 8.42 Å². The summed E-state index contributed by atoms with van der Waals surface area (Å²) in [6, 6.07) is 18.4. The molecule has 2 N–H and O–H groups in total. The van der Waals surface area contributed by atoms with Gasteiger partial charge in [0.15, 0.2) is 0 Å². The number of imidazole rings is 1. The third kappa shape index (κ3) is 4.34. The Bertz CT molecular complexity index is 1290. The van der Waals surface area contributed by atoms with E-state index in [-0.39, 0.29) is 10.6 Å². The Balaban J connectivity index is 1.49. The zero-order valence-corrected chi connectivity index (χ0v) is 17.5. The highest BCUT2D eigenvalue weighted by molar-refractivity contribution is 7.87. The van der Waals surface area contributed by atoms with Gasteiger partial charge in [-0.1, -0.05) is 35.9 Å². The van der Waals surface area contributed by atoms with Crippen LogP contribution in [0.25, 0.3) is 11.0 Å². The second-order valence-electron chi connectivity index (χ2n) is 6.44. The lowest BCUT2D eigenvalue weighted by Crippen LogP contribution is -2.09. The molecule has 0 radical (unpaired) electrons. The number of nitrogens with one attached hydrogen (secondary N) is 2. The molecule has 0 saturated heterocycles. The number of rotatable bonds is 7. The standard InChI is InChI=1S/C21H18ClN3O4S/c1-28-20-10-7-14(11-17(20)22)13-23-21-24-18-9-8-15(12-19(18)25-21)29-30(26,27)16-5-3-2-4-6-16/h2-12H,13H2,1H3,(H2,23,24,25). The van der Waals surface area contributed by atoms with Crippen LogP contribution in [0.1, 0.15) is 5.56 Å². The van der Waals surface area contributed by atoms with Gasteiger partial charge in [-0.15, -0.1) is 0 Å². The van der Waals surface area contributed by atoms with Crippen LogP contribution in [0.15, 0.2) is 71.6 Å². The number of ether oxygens (including phenoxy) is 1. The van der Waals surface area contributed by atoms with Crippen molar-refractivity contribution in [1.29, 1.82) is 0 Å². The number of benzene rings is 3. The van der Waals surface area contributed by atoms with Crippen LogP contribution in [0.5, 0.6) is 11.5 Å². The van der Waals surface area contributed by atoms with Crippen molar-refractivity contribution >= 4 is 38.7 Å². The van der Waals surface area contributed by atoms with Crippen molar-refractivity contribution in [2.24, 2.45) is 0 Å². The summed E-state index contributed by atoms with van der Waals surface area (Å²) in [5.74, 6) is 1.35. The van der Waals surface area contributed by atoms with Gasteiger partial charge in [-0.2, -0.15) is 8.42 Å². The van der Waals surface area contributed by atoms with Crippen molar-refractivity contribution in [1.82, 2.24) is 9.97 Å². The van der Waals surface area contributed by atoms with Crippen LogP contribution < -0.4 is 14.2 Å². The zero-order valence-electron chi connectivity index (χ0n) is 15.9. The van der Waals surface area contributed by atoms with Crippen molar-refractivity contribution < 1.29 is 17.3 Å². The predicted octanol–water partition coefficient (Wildman–Crippen LogP) is 4.60. The molecule has 0 aliphatic rings. The highest BCUT2D eigenvalue weighted by Crippen LogP contribution is 2.26. The fourth-order valence-corrected chi connectivity index (χ4v) is 4.12. The van der Waals surface area contributed by atoms with Gasteiger partial charge in [0.1, 0.15) is 16.4 Å². The van der Waals surface area contributed by atoms with E-state index in [1.165, 1.54) is 12.1 Å². The highest BCUT2D eigenvalue weighted by atomic mass is 35.5. The summed E-state index contributed by atoms with van der Waals surface area (Å²) in [6.45, 7) is 0.495. The topological polar surface area (TPSA) is 93.3 Å². The number of aromatic nitrogens is 2. The van der Waals surface area contributed by atoms with Gasteiger partial charge in [-0.05, 0) is 42.0 Å². The first-order chi connectivity index (χ1) is 14.4. The number of hydrogen-bond acceptors (Lipinski definition) is 6. The maximum absolute atomic E-state index is 12.4. The predicted molar refractivity (Wildman–Crippen MR) is 116 cm³/mol. The van der Waals surface area contributed by atoms with Gasteiger partial charge in [0, 0.05) is 12.6 Å². The Morgan fingerprint density at radius 1 is 1.07 bits per heavy atom. The summed E-state index contributed by atoms with van der Waals surface area (Å²) in [6.07, 6.45) is 0. The Kier molecular flexibility index (Phi) is 5.52. The number of anilines is 1. The number of halogens is 1. The largest absolute Gasteiger partial charge is 0.495 e. The number of H-pyrrole nitrogens is 1. The van der Waals surface area contributed by atoms with Crippen LogP contribution in [0, 0.1) is 0 Å². The van der Waals surface area contributed by atoms with E-state index in [4.69, 9.17) is 20.5 Å². The quantitative estimate of drug-likeness (QED) is 0.405. The van der Waals surface area contributed by atoms with Crippen LogP contribution in [0.2, 0.25) is 5.02 Å². The first-order valence-corrected chi connectivity index (χ1v) is 10.8. The van der Waals surface area contributed by atoms with Crippen LogP contribution in [0.4, 0.5) is 5.95 Å². The molecule has 0 aliphatic carbocycles. The number of aromatic amines is 1. The molecule has 0 atom stereocenters. The summed E-state index contributed by atoms with van der Waals surface area (Å²) in [5, 5.41) is 3.71. The number of methoxy groups -OCH3 is 1. The molecule has 1 aromatic heterocycles. The lowest BCUT2D eigenvalue weighted by atomic mass is 10.2. The average Bonchev–Trinajstić information content (AvgIpc) is 3.15. The van der Waals surface area contributed by atoms with Gasteiger partial charge < -0.3 is 19.2 Å². The average molecular weight is 444 g/mol. The summed E-state index contributed by atoms with van der Waals surface area (Å²) < 4.78 is 35.2. The third-order valence-electron chi connectivity index (χ3n) is 4.37. The minimum atomic E-state index is -3.90. The van der Waals surface area contributed by atoms with Gasteiger partial charge >= 0.3 is 10.1 Å². The zero-order chi connectivity index (χ0) is 21.1. The number of nitrogens with zero attached hydrogens (tertiary/aromatic N) is 1.